The van der Waals surface area contributed by atoms with E-state index in [4.69, 9.17) is 19.3 Å². The summed E-state index contributed by atoms with van der Waals surface area (Å²) in [6, 6.07) is 26.8. The highest BCUT2D eigenvalue weighted by Gasteiger charge is 2.43. The molecule has 2 radical (unpaired) electrons. The lowest BCUT2D eigenvalue weighted by Crippen LogP contribution is -2.47. The van der Waals surface area contributed by atoms with Gasteiger partial charge in [-0.05, 0) is 99.8 Å². The van der Waals surface area contributed by atoms with Gasteiger partial charge in [0.25, 0.3) is 0 Å². The van der Waals surface area contributed by atoms with Crippen LogP contribution in [0.1, 0.15) is 58.2 Å². The molecule has 0 saturated carbocycles. The number of nitrogens with zero attached hydrogens (tertiary/aromatic N) is 7. The Balaban J connectivity index is 1.52. The molecule has 0 fully saturated rings. The Labute approximate surface area is 387 Å². The van der Waals surface area contributed by atoms with Crippen LogP contribution in [0.4, 0.5) is 0 Å². The second kappa shape index (κ2) is 19.0. The first-order valence-electron chi connectivity index (χ1n) is 21.2. The van der Waals surface area contributed by atoms with Crippen LogP contribution in [0, 0.1) is 23.7 Å². The van der Waals surface area contributed by atoms with Gasteiger partial charge in [0.2, 0.25) is 25.9 Å². The van der Waals surface area contributed by atoms with Gasteiger partial charge in [-0.3, -0.25) is 0 Å². The number of nitrogens with one attached hydrogen (secondary N) is 1. The number of benzene rings is 4. The van der Waals surface area contributed by atoms with Gasteiger partial charge in [0.15, 0.2) is 0 Å². The predicted molar refractivity (Wildman–Crippen MR) is 254 cm³/mol. The molecule has 0 aliphatic heterocycles. The second-order valence-electron chi connectivity index (χ2n) is 17.9. The Bertz CT molecular complexity index is 2950. The van der Waals surface area contributed by atoms with E-state index in [0.29, 0.717) is 45.1 Å². The quantitative estimate of drug-likeness (QED) is 0.0932. The normalized spacial score (nSPS) is 13.1. The smallest absolute Gasteiger partial charge is 0.245 e. The first-order chi connectivity index (χ1) is 31.2. The van der Waals surface area contributed by atoms with Crippen LogP contribution < -0.4 is 18.9 Å². The van der Waals surface area contributed by atoms with Gasteiger partial charge in [-0.2, -0.15) is 9.10 Å². The maximum atomic E-state index is 16.2. The van der Waals surface area contributed by atoms with Crippen molar-refractivity contribution in [2.45, 2.75) is 77.0 Å². The molecule has 4 aromatic carbocycles. The zero-order valence-electron chi connectivity index (χ0n) is 38.7. The van der Waals surface area contributed by atoms with E-state index >= 15 is 16.8 Å². The Kier molecular flexibility index (Phi) is 13.8. The topological polar surface area (TPSA) is 172 Å². The third kappa shape index (κ3) is 10.3. The molecule has 15 nitrogen and oxygen atoms in total. The van der Waals surface area contributed by atoms with Crippen LogP contribution in [0.2, 0.25) is 0 Å². The number of fused-ring (bicyclic) bond motifs is 1. The lowest BCUT2D eigenvalue weighted by Gasteiger charge is -2.44. The number of ether oxygens (including phenoxy) is 3. The molecule has 1 unspecified atom stereocenters. The molecule has 1 N–H and O–H groups in total. The summed E-state index contributed by atoms with van der Waals surface area (Å²) in [4.78, 5) is 4.88. The van der Waals surface area contributed by atoms with Crippen molar-refractivity contribution in [3.05, 3.63) is 145 Å². The number of methoxy groups -OCH3 is 3. The van der Waals surface area contributed by atoms with Gasteiger partial charge in [-0.1, -0.05) is 84.0 Å². The third-order valence-corrected chi connectivity index (χ3v) is 14.7. The van der Waals surface area contributed by atoms with Crippen LogP contribution in [0.25, 0.3) is 28.2 Å². The van der Waals surface area contributed by atoms with E-state index in [1.54, 1.807) is 117 Å². The summed E-state index contributed by atoms with van der Waals surface area (Å²) in [6.07, 6.45) is 5.20. The molecular weight excluding hydrogens is 877 g/mol. The fourth-order valence-electron chi connectivity index (χ4n) is 8.65. The highest BCUT2D eigenvalue weighted by Crippen LogP contribution is 2.46. The van der Waals surface area contributed by atoms with Gasteiger partial charge in [0.1, 0.15) is 32.7 Å². The van der Waals surface area contributed by atoms with Crippen molar-refractivity contribution in [2.75, 3.05) is 21.3 Å². The molecule has 7 aromatic rings. The maximum Gasteiger partial charge on any atom is 0.245 e. The highest BCUT2D eigenvalue weighted by atomic mass is 32.2. The molecule has 346 valence electrons. The monoisotopic (exact) mass is 932 g/mol. The summed E-state index contributed by atoms with van der Waals surface area (Å²) >= 11 is 0. The number of imidazole rings is 1. The first kappa shape index (κ1) is 47.8. The van der Waals surface area contributed by atoms with Crippen LogP contribution in [-0.4, -0.2) is 78.1 Å². The number of hydrogen-bond acceptors (Lipinski definition) is 11. The average Bonchev–Trinajstić information content (AvgIpc) is 3.95. The lowest BCUT2D eigenvalue weighted by atomic mass is 9.64. The Morgan fingerprint density at radius 1 is 0.712 bits per heavy atom. The first-order valence-corrected chi connectivity index (χ1v) is 24.1. The number of sulfonamides is 2. The van der Waals surface area contributed by atoms with Gasteiger partial charge in [-0.25, -0.2) is 26.5 Å². The van der Waals surface area contributed by atoms with Crippen LogP contribution in [0.3, 0.4) is 0 Å². The minimum atomic E-state index is -4.90. The fraction of sp³-hybridized carbons (Fsp3) is 0.306. The Morgan fingerprint density at radius 2 is 1.24 bits per heavy atom. The summed E-state index contributed by atoms with van der Waals surface area (Å²) < 4.78 is 84.9. The number of aromatic nitrogens is 6. The van der Waals surface area contributed by atoms with Crippen molar-refractivity contribution in [1.29, 1.82) is 0 Å². The minimum absolute atomic E-state index is 0.0825. The van der Waals surface area contributed by atoms with E-state index in [0.717, 1.165) is 11.5 Å². The van der Waals surface area contributed by atoms with E-state index in [2.05, 4.69) is 26.9 Å². The lowest BCUT2D eigenvalue weighted by molar-refractivity contribution is 0.253. The highest BCUT2D eigenvalue weighted by molar-refractivity contribution is 7.92. The van der Waals surface area contributed by atoms with Gasteiger partial charge >= 0.3 is 0 Å². The van der Waals surface area contributed by atoms with Gasteiger partial charge < -0.3 is 18.6 Å². The summed E-state index contributed by atoms with van der Waals surface area (Å²) in [5.74, 6) is 2.52. The molecule has 0 spiro atoms. The Morgan fingerprint density at radius 3 is 1.76 bits per heavy atom. The SMILES string of the molecule is [CH2]C(NS(=O)(=O)c1ccc(-c2cccn3ccnc23)c(-c2nnn(Cc3ccc(OC)cc3)n2)c1S(=O)(=O)N(Cc1ccc(OC)cc1)Cc1ccc(OC)cc1)[C](C(C)(C)C)C(C)(C)C. The van der Waals surface area contributed by atoms with E-state index < -0.39 is 46.7 Å². The molecule has 3 heterocycles. The van der Waals surface area contributed by atoms with Gasteiger partial charge in [0.05, 0.1) is 33.4 Å². The molecule has 0 saturated heterocycles. The second-order valence-corrected chi connectivity index (χ2v) is 21.5. The molecule has 7 rings (SSSR count). The van der Waals surface area contributed by atoms with Crippen molar-refractivity contribution in [3.63, 3.8) is 0 Å². The Hall–Kier alpha value is -6.14. The van der Waals surface area contributed by atoms with Crippen molar-refractivity contribution < 1.29 is 31.0 Å². The van der Waals surface area contributed by atoms with Crippen molar-refractivity contribution in [1.82, 2.24) is 38.6 Å². The zero-order valence-corrected chi connectivity index (χ0v) is 40.3. The van der Waals surface area contributed by atoms with E-state index in [1.807, 2.05) is 59.9 Å². The van der Waals surface area contributed by atoms with Crippen molar-refractivity contribution >= 4 is 25.7 Å². The standard InChI is InChI=1S/C49H56N8O7S2/c1-33(45(48(2,3)4)49(5,6)7)53-65(58,59)42-26-25-40(41-12-11-28-55-29-27-50-47(41)55)43(46-51-54-57(52-46)32-36-17-23-39(64-10)24-18-36)44(42)66(60,61)56(30-34-13-19-37(62-8)20-14-34)31-35-15-21-38(63-9)22-16-35/h11-29,33,53H,1,30-32H2,2-10H3. The summed E-state index contributed by atoms with van der Waals surface area (Å²) in [5, 5.41) is 13.6. The fourth-order valence-corrected chi connectivity index (χ4v) is 12.2. The summed E-state index contributed by atoms with van der Waals surface area (Å²) in [7, 11) is -4.96. The van der Waals surface area contributed by atoms with Crippen LogP contribution in [-0.2, 0) is 39.7 Å². The molecule has 0 aliphatic rings. The summed E-state index contributed by atoms with van der Waals surface area (Å²) in [5.41, 5.74) is 2.29. The maximum absolute atomic E-state index is 16.2. The van der Waals surface area contributed by atoms with Gasteiger partial charge in [0, 0.05) is 49.2 Å². The molecule has 1 atom stereocenters. The average molecular weight is 933 g/mol. The van der Waals surface area contributed by atoms with Crippen LogP contribution >= 0.6 is 0 Å². The van der Waals surface area contributed by atoms with E-state index in [1.165, 1.54) is 15.2 Å². The third-order valence-electron chi connectivity index (χ3n) is 11.2. The molecular formula is C49H56N8O7S2. The predicted octanol–water partition coefficient (Wildman–Crippen LogP) is 8.27. The number of tetrazole rings is 1. The molecule has 66 heavy (non-hydrogen) atoms. The molecule has 0 aliphatic carbocycles. The number of hydrogen-bond donors (Lipinski definition) is 1. The van der Waals surface area contributed by atoms with Crippen LogP contribution in [0.5, 0.6) is 17.2 Å². The number of rotatable bonds is 17. The van der Waals surface area contributed by atoms with Crippen molar-refractivity contribution in [3.8, 4) is 39.8 Å². The van der Waals surface area contributed by atoms with Crippen molar-refractivity contribution in [2.24, 2.45) is 10.8 Å². The minimum Gasteiger partial charge on any atom is -0.497 e. The molecule has 17 heteroatoms. The molecule has 3 aromatic heterocycles. The van der Waals surface area contributed by atoms with Crippen LogP contribution in [0.15, 0.2) is 125 Å². The van der Waals surface area contributed by atoms with E-state index in [-0.39, 0.29) is 31.0 Å². The number of pyridine rings is 1. The largest absolute Gasteiger partial charge is 0.497 e. The van der Waals surface area contributed by atoms with E-state index in [9.17, 15) is 0 Å². The molecule has 0 bridgehead atoms. The zero-order chi connectivity index (χ0) is 47.6. The molecule has 0 amide bonds. The van der Waals surface area contributed by atoms with Gasteiger partial charge in [-0.15, -0.1) is 10.2 Å². The summed E-state index contributed by atoms with van der Waals surface area (Å²) in [6.45, 7) is 16.1.